The molecule has 0 aliphatic carbocycles. The van der Waals surface area contributed by atoms with Gasteiger partial charge in [-0.15, -0.1) is 0 Å². The number of anilines is 1. The van der Waals surface area contributed by atoms with E-state index in [1.807, 2.05) is 24.3 Å². The number of phenols is 1. The monoisotopic (exact) mass is 286 g/mol. The number of rotatable bonds is 1. The first kappa shape index (κ1) is 13.6. The maximum Gasteiger partial charge on any atom is 0.262 e. The van der Waals surface area contributed by atoms with Crippen LogP contribution in [-0.4, -0.2) is 17.6 Å². The van der Waals surface area contributed by atoms with Crippen molar-refractivity contribution in [2.24, 2.45) is 5.73 Å². The first-order chi connectivity index (χ1) is 10.1. The van der Waals surface area contributed by atoms with Crippen LogP contribution >= 0.6 is 0 Å². The van der Waals surface area contributed by atoms with E-state index in [0.29, 0.717) is 13.0 Å². The fourth-order valence-corrected chi connectivity index (χ4v) is 2.63. The molecule has 0 spiro atoms. The number of aromatic hydroxyl groups is 1. The molecule has 5 heteroatoms. The lowest BCUT2D eigenvalue weighted by Crippen LogP contribution is -2.38. The fraction of sp³-hybridized carbons (Fsp3) is 0.188. The zero-order valence-electron chi connectivity index (χ0n) is 11.3. The van der Waals surface area contributed by atoms with E-state index in [2.05, 4.69) is 0 Å². The third kappa shape index (κ3) is 2.36. The Morgan fingerprint density at radius 1 is 1.29 bits per heavy atom. The average molecular weight is 286 g/mol. The molecule has 2 aromatic carbocycles. The van der Waals surface area contributed by atoms with Crippen molar-refractivity contribution in [3.05, 3.63) is 59.4 Å². The third-order valence-electron chi connectivity index (χ3n) is 3.73. The molecule has 2 aromatic rings. The number of amides is 1. The highest BCUT2D eigenvalue weighted by Gasteiger charge is 2.28. The van der Waals surface area contributed by atoms with Crippen molar-refractivity contribution in [3.63, 3.8) is 0 Å². The van der Waals surface area contributed by atoms with Gasteiger partial charge in [0, 0.05) is 24.3 Å². The number of carbonyl (C=O) groups is 1. The fourth-order valence-electron chi connectivity index (χ4n) is 2.63. The van der Waals surface area contributed by atoms with Gasteiger partial charge in [0.15, 0.2) is 0 Å². The van der Waals surface area contributed by atoms with Crippen molar-refractivity contribution in [2.75, 3.05) is 11.4 Å². The Labute approximate surface area is 121 Å². The molecule has 1 unspecified atom stereocenters. The molecule has 1 aliphatic rings. The Hall–Kier alpha value is -2.40. The number of fused-ring (bicyclic) bond motifs is 1. The number of phenolic OH excluding ortho intramolecular Hbond substituents is 1. The Balaban J connectivity index is 2.01. The van der Waals surface area contributed by atoms with Gasteiger partial charge in [0.2, 0.25) is 0 Å². The van der Waals surface area contributed by atoms with Gasteiger partial charge in [-0.3, -0.25) is 4.79 Å². The predicted molar refractivity (Wildman–Crippen MR) is 77.7 cm³/mol. The van der Waals surface area contributed by atoms with E-state index in [0.717, 1.165) is 23.4 Å². The summed E-state index contributed by atoms with van der Waals surface area (Å²) in [6, 6.07) is 10.7. The van der Waals surface area contributed by atoms with Gasteiger partial charge >= 0.3 is 0 Å². The number of hydrogen-bond acceptors (Lipinski definition) is 3. The standard InChI is InChI=1S/C16H15FN2O2/c17-10-5-6-12(15(20)9-10)16(21)19-8-7-13(18)11-3-1-2-4-14(11)19/h1-6,9,13,20H,7-8,18H2. The van der Waals surface area contributed by atoms with Crippen LogP contribution in [0.2, 0.25) is 0 Å². The van der Waals surface area contributed by atoms with Gasteiger partial charge < -0.3 is 15.7 Å². The number of halogens is 1. The summed E-state index contributed by atoms with van der Waals surface area (Å²) in [7, 11) is 0. The molecule has 0 aromatic heterocycles. The van der Waals surface area contributed by atoms with Crippen LogP contribution in [0.4, 0.5) is 10.1 Å². The van der Waals surface area contributed by atoms with Crippen molar-refractivity contribution >= 4 is 11.6 Å². The quantitative estimate of drug-likeness (QED) is 0.846. The third-order valence-corrected chi connectivity index (χ3v) is 3.73. The van der Waals surface area contributed by atoms with Gasteiger partial charge in [-0.05, 0) is 30.2 Å². The molecule has 1 amide bonds. The molecule has 1 aliphatic heterocycles. The molecule has 0 saturated carbocycles. The summed E-state index contributed by atoms with van der Waals surface area (Å²) in [6.07, 6.45) is 0.644. The summed E-state index contributed by atoms with van der Waals surface area (Å²) in [4.78, 5) is 14.2. The van der Waals surface area contributed by atoms with E-state index < -0.39 is 5.82 Å². The van der Waals surface area contributed by atoms with Gasteiger partial charge in [0.1, 0.15) is 11.6 Å². The van der Waals surface area contributed by atoms with E-state index in [-0.39, 0.29) is 23.3 Å². The average Bonchev–Trinajstić information content (AvgIpc) is 2.47. The van der Waals surface area contributed by atoms with Crippen LogP contribution in [0.3, 0.4) is 0 Å². The minimum Gasteiger partial charge on any atom is -0.507 e. The van der Waals surface area contributed by atoms with Gasteiger partial charge in [-0.1, -0.05) is 18.2 Å². The van der Waals surface area contributed by atoms with Crippen molar-refractivity contribution in [2.45, 2.75) is 12.5 Å². The lowest BCUT2D eigenvalue weighted by atomic mass is 9.96. The summed E-state index contributed by atoms with van der Waals surface area (Å²) in [5.41, 5.74) is 7.79. The Morgan fingerprint density at radius 3 is 2.81 bits per heavy atom. The van der Waals surface area contributed by atoms with E-state index >= 15 is 0 Å². The lowest BCUT2D eigenvalue weighted by molar-refractivity contribution is 0.0981. The van der Waals surface area contributed by atoms with Gasteiger partial charge in [-0.25, -0.2) is 4.39 Å². The zero-order chi connectivity index (χ0) is 15.0. The highest BCUT2D eigenvalue weighted by Crippen LogP contribution is 2.34. The Bertz CT molecular complexity index is 702. The van der Waals surface area contributed by atoms with Gasteiger partial charge in [-0.2, -0.15) is 0 Å². The summed E-state index contributed by atoms with van der Waals surface area (Å²) in [5, 5.41) is 9.78. The summed E-state index contributed by atoms with van der Waals surface area (Å²) in [5.74, 6) is -1.29. The van der Waals surface area contributed by atoms with Crippen molar-refractivity contribution in [1.29, 1.82) is 0 Å². The number of para-hydroxylation sites is 1. The van der Waals surface area contributed by atoms with Crippen molar-refractivity contribution < 1.29 is 14.3 Å². The van der Waals surface area contributed by atoms with Crippen LogP contribution < -0.4 is 10.6 Å². The SMILES string of the molecule is NC1CCN(C(=O)c2ccc(F)cc2O)c2ccccc21. The molecule has 3 rings (SSSR count). The lowest BCUT2D eigenvalue weighted by Gasteiger charge is -2.32. The number of benzene rings is 2. The van der Waals surface area contributed by atoms with Crippen LogP contribution in [0.25, 0.3) is 0 Å². The van der Waals surface area contributed by atoms with Crippen LogP contribution in [0.1, 0.15) is 28.4 Å². The molecule has 108 valence electrons. The molecule has 21 heavy (non-hydrogen) atoms. The Morgan fingerprint density at radius 2 is 2.05 bits per heavy atom. The summed E-state index contributed by atoms with van der Waals surface area (Å²) < 4.78 is 13.0. The molecule has 0 radical (unpaired) electrons. The van der Waals surface area contributed by atoms with E-state index in [1.165, 1.54) is 6.07 Å². The number of carbonyl (C=O) groups excluding carboxylic acids is 1. The van der Waals surface area contributed by atoms with Crippen LogP contribution in [0, 0.1) is 5.82 Å². The van der Waals surface area contributed by atoms with Crippen LogP contribution in [0.15, 0.2) is 42.5 Å². The molecule has 0 saturated heterocycles. The molecule has 1 heterocycles. The second kappa shape index (κ2) is 5.18. The topological polar surface area (TPSA) is 66.6 Å². The molecular formula is C16H15FN2O2. The summed E-state index contributed by atoms with van der Waals surface area (Å²) in [6.45, 7) is 0.466. The number of nitrogens with two attached hydrogens (primary N) is 1. The highest BCUT2D eigenvalue weighted by molar-refractivity contribution is 6.08. The smallest absolute Gasteiger partial charge is 0.262 e. The highest BCUT2D eigenvalue weighted by atomic mass is 19.1. The first-order valence-corrected chi connectivity index (χ1v) is 6.73. The normalized spacial score (nSPS) is 17.4. The van der Waals surface area contributed by atoms with Crippen LogP contribution in [-0.2, 0) is 0 Å². The maximum absolute atomic E-state index is 13.0. The van der Waals surface area contributed by atoms with Crippen molar-refractivity contribution in [3.8, 4) is 5.75 Å². The maximum atomic E-state index is 13.0. The first-order valence-electron chi connectivity index (χ1n) is 6.73. The van der Waals surface area contributed by atoms with Crippen LogP contribution in [0.5, 0.6) is 5.75 Å². The minimum atomic E-state index is -0.579. The van der Waals surface area contributed by atoms with Crippen molar-refractivity contribution in [1.82, 2.24) is 0 Å². The second-order valence-electron chi connectivity index (χ2n) is 5.07. The zero-order valence-corrected chi connectivity index (χ0v) is 11.3. The van der Waals surface area contributed by atoms with E-state index in [1.54, 1.807) is 4.90 Å². The largest absolute Gasteiger partial charge is 0.507 e. The number of nitrogens with zero attached hydrogens (tertiary/aromatic N) is 1. The second-order valence-corrected chi connectivity index (χ2v) is 5.07. The molecule has 1 atom stereocenters. The predicted octanol–water partition coefficient (Wildman–Crippen LogP) is 2.58. The summed E-state index contributed by atoms with van der Waals surface area (Å²) >= 11 is 0. The van der Waals surface area contributed by atoms with Gasteiger partial charge in [0.05, 0.1) is 5.56 Å². The number of hydrogen-bond donors (Lipinski definition) is 2. The molecule has 3 N–H and O–H groups in total. The van der Waals surface area contributed by atoms with E-state index in [4.69, 9.17) is 5.73 Å². The van der Waals surface area contributed by atoms with E-state index in [9.17, 15) is 14.3 Å². The molecular weight excluding hydrogens is 271 g/mol. The molecule has 0 fully saturated rings. The molecule has 0 bridgehead atoms. The molecule has 4 nitrogen and oxygen atoms in total. The van der Waals surface area contributed by atoms with Gasteiger partial charge in [0.25, 0.3) is 5.91 Å². The minimum absolute atomic E-state index is 0.0849. The Kier molecular flexibility index (Phi) is 3.35.